The number of hydrogen-bond acceptors (Lipinski definition) is 7. The summed E-state index contributed by atoms with van der Waals surface area (Å²) >= 11 is 3.30. The van der Waals surface area contributed by atoms with E-state index in [1.807, 2.05) is 4.90 Å². The number of benzene rings is 1. The van der Waals surface area contributed by atoms with Gasteiger partial charge in [-0.05, 0) is 53.5 Å². The third-order valence-electron chi connectivity index (χ3n) is 4.89. The number of carbonyl (C=O) groups is 2. The molecule has 0 bridgehead atoms. The number of anilines is 2. The first kappa shape index (κ1) is 22.6. The number of rotatable bonds is 7. The average Bonchev–Trinajstić information content (AvgIpc) is 2.75. The van der Waals surface area contributed by atoms with Crippen molar-refractivity contribution in [1.29, 1.82) is 0 Å². The van der Waals surface area contributed by atoms with Crippen LogP contribution in [0.3, 0.4) is 0 Å². The van der Waals surface area contributed by atoms with Crippen LogP contribution in [0, 0.1) is 16.0 Å². The van der Waals surface area contributed by atoms with E-state index < -0.39 is 4.92 Å². The van der Waals surface area contributed by atoms with Crippen molar-refractivity contribution in [3.63, 3.8) is 0 Å². The fourth-order valence-electron chi connectivity index (χ4n) is 3.38. The van der Waals surface area contributed by atoms with Crippen molar-refractivity contribution in [2.24, 2.45) is 5.92 Å². The average molecular weight is 492 g/mol. The minimum atomic E-state index is -0.531. The number of carbonyl (C=O) groups excluding carboxylic acids is 2. The first-order chi connectivity index (χ1) is 14.9. The third kappa shape index (κ3) is 6.22. The molecule has 164 valence electrons. The lowest BCUT2D eigenvalue weighted by Gasteiger charge is -2.31. The molecule has 1 aromatic carbocycles. The number of pyridine rings is 1. The number of halogens is 1. The molecule has 2 N–H and O–H groups in total. The molecule has 1 atom stereocenters. The van der Waals surface area contributed by atoms with Crippen LogP contribution in [0.25, 0.3) is 0 Å². The largest absolute Gasteiger partial charge is 0.494 e. The number of likely N-dealkylation sites (tertiary alicyclic amines) is 1. The minimum absolute atomic E-state index is 0.0977. The molecule has 3 rings (SSSR count). The SMILES string of the molecule is COc1cc([N+](=O)[O-])ccc1NC(=O)CN1CCCC(C(=O)Nc2ccc(Br)cn2)C1. The van der Waals surface area contributed by atoms with Gasteiger partial charge in [0, 0.05) is 23.3 Å². The van der Waals surface area contributed by atoms with Crippen LogP contribution in [-0.4, -0.2) is 53.4 Å². The lowest BCUT2D eigenvalue weighted by atomic mass is 9.97. The number of ether oxygens (including phenoxy) is 1. The second kappa shape index (κ2) is 10.3. The van der Waals surface area contributed by atoms with E-state index in [2.05, 4.69) is 31.5 Å². The molecule has 1 fully saturated rings. The van der Waals surface area contributed by atoms with Gasteiger partial charge in [-0.25, -0.2) is 4.98 Å². The molecule has 31 heavy (non-hydrogen) atoms. The summed E-state index contributed by atoms with van der Waals surface area (Å²) in [5, 5.41) is 16.4. The molecule has 0 spiro atoms. The summed E-state index contributed by atoms with van der Waals surface area (Å²) in [4.78, 5) is 41.5. The van der Waals surface area contributed by atoms with Gasteiger partial charge in [-0.15, -0.1) is 0 Å². The Morgan fingerprint density at radius 2 is 2.13 bits per heavy atom. The molecular weight excluding hydrogens is 470 g/mol. The van der Waals surface area contributed by atoms with Gasteiger partial charge in [0.1, 0.15) is 11.6 Å². The van der Waals surface area contributed by atoms with Crippen LogP contribution in [0.4, 0.5) is 17.2 Å². The van der Waals surface area contributed by atoms with Gasteiger partial charge < -0.3 is 15.4 Å². The van der Waals surface area contributed by atoms with Crippen molar-refractivity contribution in [2.45, 2.75) is 12.8 Å². The van der Waals surface area contributed by atoms with Crippen molar-refractivity contribution >= 4 is 44.9 Å². The van der Waals surface area contributed by atoms with E-state index in [0.717, 1.165) is 17.3 Å². The van der Waals surface area contributed by atoms with Gasteiger partial charge in [0.05, 0.1) is 36.2 Å². The number of nitrogens with one attached hydrogen (secondary N) is 2. The van der Waals surface area contributed by atoms with E-state index >= 15 is 0 Å². The van der Waals surface area contributed by atoms with Gasteiger partial charge in [0.2, 0.25) is 11.8 Å². The molecule has 1 aliphatic heterocycles. The minimum Gasteiger partial charge on any atom is -0.494 e. The van der Waals surface area contributed by atoms with Crippen LogP contribution >= 0.6 is 15.9 Å². The second-order valence-electron chi connectivity index (χ2n) is 7.12. The summed E-state index contributed by atoms with van der Waals surface area (Å²) < 4.78 is 5.97. The normalized spacial score (nSPS) is 16.4. The summed E-state index contributed by atoms with van der Waals surface area (Å²) in [6.07, 6.45) is 3.14. The summed E-state index contributed by atoms with van der Waals surface area (Å²) in [5.74, 6) is 0.0226. The van der Waals surface area contributed by atoms with Crippen molar-refractivity contribution < 1.29 is 19.2 Å². The van der Waals surface area contributed by atoms with Crippen LogP contribution < -0.4 is 15.4 Å². The van der Waals surface area contributed by atoms with Crippen LogP contribution in [0.15, 0.2) is 41.0 Å². The molecule has 1 saturated heterocycles. The molecule has 2 aromatic rings. The Morgan fingerprint density at radius 3 is 2.81 bits per heavy atom. The van der Waals surface area contributed by atoms with Crippen molar-refractivity contribution in [3.05, 3.63) is 51.1 Å². The molecule has 0 radical (unpaired) electrons. The molecule has 11 heteroatoms. The zero-order valence-corrected chi connectivity index (χ0v) is 18.4. The molecule has 1 unspecified atom stereocenters. The predicted octanol–water partition coefficient (Wildman–Crippen LogP) is 3.05. The smallest absolute Gasteiger partial charge is 0.273 e. The summed E-state index contributed by atoms with van der Waals surface area (Å²) in [6, 6.07) is 7.51. The molecule has 1 aliphatic rings. The van der Waals surface area contributed by atoms with E-state index in [9.17, 15) is 19.7 Å². The number of nitrogens with zero attached hydrogens (tertiary/aromatic N) is 3. The fourth-order valence-corrected chi connectivity index (χ4v) is 3.62. The number of amides is 2. The number of hydrogen-bond donors (Lipinski definition) is 2. The van der Waals surface area contributed by atoms with Crippen molar-refractivity contribution in [1.82, 2.24) is 9.88 Å². The van der Waals surface area contributed by atoms with Gasteiger partial charge in [-0.1, -0.05) is 0 Å². The van der Waals surface area contributed by atoms with E-state index in [1.54, 1.807) is 18.3 Å². The molecule has 2 amide bonds. The van der Waals surface area contributed by atoms with Crippen molar-refractivity contribution in [3.8, 4) is 5.75 Å². The Balaban J connectivity index is 1.56. The Bertz CT molecular complexity index is 969. The quantitative estimate of drug-likeness (QED) is 0.449. The summed E-state index contributed by atoms with van der Waals surface area (Å²) in [6.45, 7) is 1.25. The first-order valence-electron chi connectivity index (χ1n) is 9.62. The monoisotopic (exact) mass is 491 g/mol. The lowest BCUT2D eigenvalue weighted by molar-refractivity contribution is -0.384. The molecule has 10 nitrogen and oxygen atoms in total. The predicted molar refractivity (Wildman–Crippen MR) is 118 cm³/mol. The highest BCUT2D eigenvalue weighted by atomic mass is 79.9. The van der Waals surface area contributed by atoms with Gasteiger partial charge in [0.15, 0.2) is 0 Å². The molecule has 2 heterocycles. The number of aromatic nitrogens is 1. The number of nitro benzene ring substituents is 1. The molecular formula is C20H22BrN5O5. The highest BCUT2D eigenvalue weighted by Gasteiger charge is 2.27. The standard InChI is InChI=1S/C20H22BrN5O5/c1-31-17-9-15(26(29)30)5-6-16(17)23-19(27)12-25-8-2-3-13(11-25)20(28)24-18-7-4-14(21)10-22-18/h4-7,9-10,13H,2-3,8,11-12H2,1H3,(H,23,27)(H,22,24,28). The summed E-state index contributed by atoms with van der Waals surface area (Å²) in [7, 11) is 1.38. The van der Waals surface area contributed by atoms with Gasteiger partial charge in [-0.3, -0.25) is 24.6 Å². The van der Waals surface area contributed by atoms with Crippen LogP contribution in [0.5, 0.6) is 5.75 Å². The van der Waals surface area contributed by atoms with E-state index in [-0.39, 0.29) is 35.7 Å². The maximum Gasteiger partial charge on any atom is 0.273 e. The van der Waals surface area contributed by atoms with Crippen LogP contribution in [0.2, 0.25) is 0 Å². The summed E-state index contributed by atoms with van der Waals surface area (Å²) in [5.41, 5.74) is 0.228. The topological polar surface area (TPSA) is 127 Å². The Kier molecular flexibility index (Phi) is 7.53. The molecule has 0 aliphatic carbocycles. The highest BCUT2D eigenvalue weighted by Crippen LogP contribution is 2.29. The van der Waals surface area contributed by atoms with Crippen molar-refractivity contribution in [2.75, 3.05) is 37.4 Å². The Hall–Kier alpha value is -3.05. The third-order valence-corrected chi connectivity index (χ3v) is 5.36. The first-order valence-corrected chi connectivity index (χ1v) is 10.4. The van der Waals surface area contributed by atoms with Crippen LogP contribution in [0.1, 0.15) is 12.8 Å². The van der Waals surface area contributed by atoms with Gasteiger partial charge >= 0.3 is 0 Å². The lowest BCUT2D eigenvalue weighted by Crippen LogP contribution is -2.44. The maximum absolute atomic E-state index is 12.6. The number of piperidine rings is 1. The Labute approximate surface area is 187 Å². The Morgan fingerprint density at radius 1 is 1.32 bits per heavy atom. The number of non-ortho nitro benzene ring substituents is 1. The van der Waals surface area contributed by atoms with Crippen LogP contribution in [-0.2, 0) is 9.59 Å². The highest BCUT2D eigenvalue weighted by molar-refractivity contribution is 9.10. The van der Waals surface area contributed by atoms with Gasteiger partial charge in [0.25, 0.3) is 5.69 Å². The fraction of sp³-hybridized carbons (Fsp3) is 0.350. The van der Waals surface area contributed by atoms with E-state index in [0.29, 0.717) is 24.6 Å². The number of methoxy groups -OCH3 is 1. The van der Waals surface area contributed by atoms with E-state index in [4.69, 9.17) is 4.74 Å². The number of nitro groups is 1. The zero-order chi connectivity index (χ0) is 22.4. The molecule has 1 aromatic heterocycles. The maximum atomic E-state index is 12.6. The molecule has 0 saturated carbocycles. The second-order valence-corrected chi connectivity index (χ2v) is 8.03. The van der Waals surface area contributed by atoms with E-state index in [1.165, 1.54) is 25.3 Å². The van der Waals surface area contributed by atoms with Gasteiger partial charge in [-0.2, -0.15) is 0 Å². The zero-order valence-electron chi connectivity index (χ0n) is 16.8.